The number of hydrogen-bond acceptors (Lipinski definition) is 6. The third kappa shape index (κ3) is 3.69. The van der Waals surface area contributed by atoms with E-state index in [2.05, 4.69) is 10.1 Å². The summed E-state index contributed by atoms with van der Waals surface area (Å²) in [4.78, 5) is 30.1. The lowest BCUT2D eigenvalue weighted by atomic mass is 10.2. The minimum atomic E-state index is -0.574. The molecule has 0 saturated heterocycles. The first-order valence-corrected chi connectivity index (χ1v) is 8.61. The highest BCUT2D eigenvalue weighted by Gasteiger charge is 2.16. The Labute approximate surface area is 148 Å². The Morgan fingerprint density at radius 1 is 1.40 bits per heavy atom. The van der Waals surface area contributed by atoms with Gasteiger partial charge in [0.15, 0.2) is 12.3 Å². The largest absolute Gasteiger partial charge is 0.452 e. The summed E-state index contributed by atoms with van der Waals surface area (Å²) in [6, 6.07) is 3.64. The molecule has 1 amide bonds. The van der Waals surface area contributed by atoms with E-state index in [9.17, 15) is 9.59 Å². The van der Waals surface area contributed by atoms with Crippen LogP contribution in [0.25, 0.3) is 11.0 Å². The second-order valence-corrected chi connectivity index (χ2v) is 6.54. The monoisotopic (exact) mass is 358 g/mol. The predicted octanol–water partition coefficient (Wildman–Crippen LogP) is 2.15. The molecule has 3 aromatic heterocycles. The Morgan fingerprint density at radius 3 is 2.92 bits per heavy atom. The molecule has 3 rings (SSSR count). The van der Waals surface area contributed by atoms with Crippen molar-refractivity contribution in [2.75, 3.05) is 13.7 Å². The molecule has 0 fully saturated rings. The number of aromatic nitrogens is 3. The van der Waals surface area contributed by atoms with Crippen molar-refractivity contribution >= 4 is 34.2 Å². The molecule has 0 aliphatic rings. The van der Waals surface area contributed by atoms with Gasteiger partial charge >= 0.3 is 5.97 Å². The molecule has 25 heavy (non-hydrogen) atoms. The van der Waals surface area contributed by atoms with E-state index in [4.69, 9.17) is 4.74 Å². The van der Waals surface area contributed by atoms with Crippen LogP contribution in [0.5, 0.6) is 0 Å². The third-order valence-electron chi connectivity index (χ3n) is 3.85. The van der Waals surface area contributed by atoms with Crippen LogP contribution in [0.15, 0.2) is 29.1 Å². The van der Waals surface area contributed by atoms with Gasteiger partial charge in [0.2, 0.25) is 0 Å². The predicted molar refractivity (Wildman–Crippen MR) is 94.3 cm³/mol. The average molecular weight is 358 g/mol. The van der Waals surface area contributed by atoms with Crippen LogP contribution in [0.3, 0.4) is 0 Å². The van der Waals surface area contributed by atoms with E-state index in [-0.39, 0.29) is 12.5 Å². The molecule has 0 bridgehead atoms. The summed E-state index contributed by atoms with van der Waals surface area (Å²) >= 11 is 1.58. The number of esters is 1. The third-order valence-corrected chi connectivity index (χ3v) is 4.58. The minimum absolute atomic E-state index is 0.258. The summed E-state index contributed by atoms with van der Waals surface area (Å²) in [6.45, 7) is 2.04. The van der Waals surface area contributed by atoms with Crippen LogP contribution < -0.4 is 0 Å². The highest BCUT2D eigenvalue weighted by Crippen LogP contribution is 2.17. The van der Waals surface area contributed by atoms with Crippen LogP contribution >= 0.6 is 11.3 Å². The summed E-state index contributed by atoms with van der Waals surface area (Å²) in [5.74, 6) is -0.832. The van der Waals surface area contributed by atoms with E-state index >= 15 is 0 Å². The molecule has 3 heterocycles. The van der Waals surface area contributed by atoms with Crippen molar-refractivity contribution < 1.29 is 14.3 Å². The van der Waals surface area contributed by atoms with Crippen LogP contribution in [0.4, 0.5) is 0 Å². The van der Waals surface area contributed by atoms with E-state index < -0.39 is 5.97 Å². The lowest BCUT2D eigenvalue weighted by molar-refractivity contribution is -0.133. The van der Waals surface area contributed by atoms with Crippen LogP contribution in [0, 0.1) is 6.92 Å². The minimum Gasteiger partial charge on any atom is -0.452 e. The van der Waals surface area contributed by atoms with Gasteiger partial charge in [-0.25, -0.2) is 9.78 Å². The smallest absolute Gasteiger partial charge is 0.340 e. The number of pyridine rings is 1. The Hall–Kier alpha value is -2.74. The molecule has 3 aromatic rings. The van der Waals surface area contributed by atoms with Gasteiger partial charge in [0.05, 0.1) is 11.3 Å². The van der Waals surface area contributed by atoms with Crippen LogP contribution in [-0.4, -0.2) is 45.2 Å². The fraction of sp³-hybridized carbons (Fsp3) is 0.294. The van der Waals surface area contributed by atoms with Crippen LogP contribution in [0.2, 0.25) is 0 Å². The number of carbonyl (C=O) groups excluding carboxylic acids is 2. The molecule has 0 unspecified atom stereocenters. The summed E-state index contributed by atoms with van der Waals surface area (Å²) < 4.78 is 6.79. The van der Waals surface area contributed by atoms with Crippen molar-refractivity contribution in [2.24, 2.45) is 7.05 Å². The molecule has 0 saturated carbocycles. The van der Waals surface area contributed by atoms with Gasteiger partial charge in [0, 0.05) is 32.2 Å². The normalized spacial score (nSPS) is 10.8. The fourth-order valence-corrected chi connectivity index (χ4v) is 3.14. The van der Waals surface area contributed by atoms with E-state index in [1.807, 2.05) is 23.8 Å². The zero-order valence-corrected chi connectivity index (χ0v) is 15.0. The van der Waals surface area contributed by atoms with Gasteiger partial charge in [0.25, 0.3) is 5.91 Å². The first kappa shape index (κ1) is 17.1. The number of ether oxygens (including phenoxy) is 1. The summed E-state index contributed by atoms with van der Waals surface area (Å²) in [5, 5.41) is 8.99. The summed E-state index contributed by atoms with van der Waals surface area (Å²) in [7, 11) is 3.47. The molecule has 130 valence electrons. The highest BCUT2D eigenvalue weighted by atomic mass is 32.1. The maximum absolute atomic E-state index is 12.2. The molecule has 0 spiro atoms. The molecule has 0 aliphatic heterocycles. The van der Waals surface area contributed by atoms with Gasteiger partial charge in [0.1, 0.15) is 0 Å². The van der Waals surface area contributed by atoms with Gasteiger partial charge < -0.3 is 9.64 Å². The molecule has 0 aromatic carbocycles. The van der Waals surface area contributed by atoms with Gasteiger partial charge in [-0.1, -0.05) is 0 Å². The number of thiophene rings is 1. The van der Waals surface area contributed by atoms with E-state index in [0.717, 1.165) is 16.6 Å². The number of likely N-dealkylation sites (N-methyl/N-ethyl adjacent to an activating group) is 1. The Kier molecular flexibility index (Phi) is 4.80. The maximum Gasteiger partial charge on any atom is 0.340 e. The van der Waals surface area contributed by atoms with Gasteiger partial charge in [-0.3, -0.25) is 9.48 Å². The second kappa shape index (κ2) is 7.02. The van der Waals surface area contributed by atoms with E-state index in [1.165, 1.54) is 11.1 Å². The highest BCUT2D eigenvalue weighted by molar-refractivity contribution is 7.07. The second-order valence-electron chi connectivity index (χ2n) is 5.76. The molecular formula is C17H18N4O3S. The fourth-order valence-electron chi connectivity index (χ4n) is 2.48. The van der Waals surface area contributed by atoms with Crippen molar-refractivity contribution in [2.45, 2.75) is 13.5 Å². The molecule has 0 atom stereocenters. The van der Waals surface area contributed by atoms with E-state index in [1.54, 1.807) is 36.2 Å². The number of carbonyl (C=O) groups is 2. The van der Waals surface area contributed by atoms with Crippen LogP contribution in [0.1, 0.15) is 21.6 Å². The topological polar surface area (TPSA) is 77.3 Å². The zero-order chi connectivity index (χ0) is 18.0. The average Bonchev–Trinajstić information content (AvgIpc) is 3.20. The first-order chi connectivity index (χ1) is 12.0. The number of rotatable bonds is 5. The van der Waals surface area contributed by atoms with Crippen molar-refractivity contribution in [3.63, 3.8) is 0 Å². The first-order valence-electron chi connectivity index (χ1n) is 7.67. The van der Waals surface area contributed by atoms with Crippen molar-refractivity contribution in [3.8, 4) is 0 Å². The van der Waals surface area contributed by atoms with Gasteiger partial charge in [-0.2, -0.15) is 16.4 Å². The Bertz CT molecular complexity index is 918. The van der Waals surface area contributed by atoms with E-state index in [0.29, 0.717) is 17.8 Å². The van der Waals surface area contributed by atoms with Crippen molar-refractivity contribution in [3.05, 3.63) is 45.9 Å². The maximum atomic E-state index is 12.2. The summed E-state index contributed by atoms with van der Waals surface area (Å²) in [6.07, 6.45) is 1.44. The van der Waals surface area contributed by atoms with Gasteiger partial charge in [-0.05, 0) is 35.4 Å². The van der Waals surface area contributed by atoms with Crippen molar-refractivity contribution in [1.82, 2.24) is 19.7 Å². The standard InChI is InChI=1S/C17H18N4O3S/c1-11-14-6-13(7-18-16(14)21(3)19-11)17(23)24-9-15(22)20(2)8-12-4-5-25-10-12/h4-7,10H,8-9H2,1-3H3. The van der Waals surface area contributed by atoms with Gasteiger partial charge in [-0.15, -0.1) is 0 Å². The number of fused-ring (bicyclic) bond motifs is 1. The number of hydrogen-bond donors (Lipinski definition) is 0. The lowest BCUT2D eigenvalue weighted by Crippen LogP contribution is -2.30. The molecule has 0 aliphatic carbocycles. The Morgan fingerprint density at radius 2 is 2.20 bits per heavy atom. The number of amides is 1. The SMILES string of the molecule is Cc1nn(C)c2ncc(C(=O)OCC(=O)N(C)Cc3ccsc3)cc12. The quantitative estimate of drug-likeness (QED) is 0.653. The zero-order valence-electron chi connectivity index (χ0n) is 14.2. The molecule has 0 N–H and O–H groups in total. The number of aryl methyl sites for hydroxylation is 2. The molecular weight excluding hydrogens is 340 g/mol. The molecule has 8 heteroatoms. The number of nitrogens with zero attached hydrogens (tertiary/aromatic N) is 4. The molecule has 7 nitrogen and oxygen atoms in total. The Balaban J connectivity index is 1.62. The molecule has 0 radical (unpaired) electrons. The summed E-state index contributed by atoms with van der Waals surface area (Å²) in [5.41, 5.74) is 2.83. The van der Waals surface area contributed by atoms with Crippen molar-refractivity contribution in [1.29, 1.82) is 0 Å². The van der Waals surface area contributed by atoms with Crippen LogP contribution in [-0.2, 0) is 23.1 Å². The lowest BCUT2D eigenvalue weighted by Gasteiger charge is -2.16.